The van der Waals surface area contributed by atoms with Crippen molar-refractivity contribution < 1.29 is 18.4 Å². The first-order chi connectivity index (χ1) is 11.9. The number of aromatic nitrogens is 2. The normalized spacial score (nSPS) is 20.0. The molecule has 1 aliphatic heterocycles. The predicted octanol–water partition coefficient (Wildman–Crippen LogP) is 2.12. The molecular weight excluding hydrogens is 332 g/mol. The fraction of sp³-hybridized carbons (Fsp3) is 0.250. The van der Waals surface area contributed by atoms with E-state index in [0.717, 1.165) is 11.1 Å². The van der Waals surface area contributed by atoms with E-state index in [0.29, 0.717) is 15.7 Å². The van der Waals surface area contributed by atoms with Crippen LogP contribution >= 0.6 is 0 Å². The molecule has 0 radical (unpaired) electrons. The molecule has 3 rings (SSSR count). The van der Waals surface area contributed by atoms with Crippen molar-refractivity contribution in [2.24, 2.45) is 0 Å². The number of urea groups is 1. The van der Waals surface area contributed by atoms with Crippen molar-refractivity contribution in [2.45, 2.75) is 25.6 Å². The molecule has 7 nitrogen and oxygen atoms in total. The van der Waals surface area contributed by atoms with Crippen LogP contribution < -0.4 is 5.32 Å². The number of rotatable bonds is 4. The first-order valence-electron chi connectivity index (χ1n) is 7.31. The summed E-state index contributed by atoms with van der Waals surface area (Å²) in [6.45, 7) is -1.66. The Balaban J connectivity index is 1.89. The lowest BCUT2D eigenvalue weighted by Gasteiger charge is -2.22. The van der Waals surface area contributed by atoms with E-state index in [4.69, 9.17) is 5.26 Å². The van der Waals surface area contributed by atoms with Gasteiger partial charge in [-0.05, 0) is 24.6 Å². The number of amides is 3. The Morgan fingerprint density at radius 1 is 1.32 bits per heavy atom. The zero-order valence-corrected chi connectivity index (χ0v) is 13.1. The molecule has 0 aliphatic carbocycles. The summed E-state index contributed by atoms with van der Waals surface area (Å²) in [4.78, 5) is 29.6. The molecular formula is C16H13F2N5O2. The summed E-state index contributed by atoms with van der Waals surface area (Å²) < 4.78 is 26.4. The lowest BCUT2D eigenvalue weighted by atomic mass is 9.91. The van der Waals surface area contributed by atoms with Gasteiger partial charge in [-0.25, -0.2) is 9.78 Å². The Labute approximate surface area is 141 Å². The van der Waals surface area contributed by atoms with Gasteiger partial charge >= 0.3 is 12.6 Å². The lowest BCUT2D eigenvalue weighted by molar-refractivity contribution is -0.131. The molecule has 0 bridgehead atoms. The number of benzene rings is 1. The van der Waals surface area contributed by atoms with E-state index in [2.05, 4.69) is 10.3 Å². The number of nitriles is 1. The van der Waals surface area contributed by atoms with Crippen LogP contribution in [0.5, 0.6) is 0 Å². The highest BCUT2D eigenvalue weighted by Crippen LogP contribution is 2.30. The number of carbonyl (C=O) groups is 2. The van der Waals surface area contributed by atoms with Crippen molar-refractivity contribution in [3.63, 3.8) is 0 Å². The Kier molecular flexibility index (Phi) is 3.96. The fourth-order valence-corrected chi connectivity index (χ4v) is 2.70. The lowest BCUT2D eigenvalue weighted by Crippen LogP contribution is -2.40. The molecule has 2 aromatic rings. The van der Waals surface area contributed by atoms with Crippen LogP contribution in [0, 0.1) is 11.3 Å². The highest BCUT2D eigenvalue weighted by molar-refractivity contribution is 6.07. The van der Waals surface area contributed by atoms with Crippen LogP contribution in [-0.2, 0) is 16.9 Å². The van der Waals surface area contributed by atoms with Gasteiger partial charge in [0.15, 0.2) is 0 Å². The number of nitrogens with zero attached hydrogens (tertiary/aromatic N) is 4. The zero-order valence-electron chi connectivity index (χ0n) is 13.1. The molecule has 1 aliphatic rings. The standard InChI is InChI=1S/C16H13F2N5O2/c1-16(11-4-2-10(8-19)3-5-11)13(24)23(15(25)21-16)9-12-20-6-7-22(12)14(17)18/h2-7,14H,9H2,1H3,(H,21,25). The fourth-order valence-electron chi connectivity index (χ4n) is 2.70. The third-order valence-electron chi connectivity index (χ3n) is 4.13. The van der Waals surface area contributed by atoms with Crippen molar-refractivity contribution in [2.75, 3.05) is 0 Å². The van der Waals surface area contributed by atoms with Gasteiger partial charge in [-0.2, -0.15) is 14.0 Å². The molecule has 1 N–H and O–H groups in total. The average molecular weight is 345 g/mol. The van der Waals surface area contributed by atoms with Gasteiger partial charge in [-0.1, -0.05) is 12.1 Å². The number of nitrogens with one attached hydrogen (secondary N) is 1. The van der Waals surface area contributed by atoms with E-state index in [9.17, 15) is 18.4 Å². The number of carbonyl (C=O) groups excluding carboxylic acids is 2. The molecule has 1 aromatic heterocycles. The van der Waals surface area contributed by atoms with Crippen molar-refractivity contribution in [3.05, 3.63) is 53.6 Å². The van der Waals surface area contributed by atoms with Crippen molar-refractivity contribution in [1.82, 2.24) is 19.8 Å². The van der Waals surface area contributed by atoms with E-state index in [1.165, 1.54) is 25.3 Å². The topological polar surface area (TPSA) is 91.0 Å². The number of alkyl halides is 2. The van der Waals surface area contributed by atoms with E-state index in [1.807, 2.05) is 6.07 Å². The molecule has 1 unspecified atom stereocenters. The maximum atomic E-state index is 12.9. The molecule has 3 amide bonds. The van der Waals surface area contributed by atoms with Crippen LogP contribution in [0.4, 0.5) is 13.6 Å². The van der Waals surface area contributed by atoms with Gasteiger partial charge in [0.1, 0.15) is 11.4 Å². The second-order valence-corrected chi connectivity index (χ2v) is 5.66. The number of imide groups is 1. The minimum absolute atomic E-state index is 0.0948. The Bertz CT molecular complexity index is 871. The van der Waals surface area contributed by atoms with Gasteiger partial charge in [0.25, 0.3) is 5.91 Å². The molecule has 2 heterocycles. The SMILES string of the molecule is CC1(c2ccc(C#N)cc2)NC(=O)N(Cc2nccn2C(F)F)C1=O. The Morgan fingerprint density at radius 2 is 2.00 bits per heavy atom. The maximum absolute atomic E-state index is 12.9. The van der Waals surface area contributed by atoms with Gasteiger partial charge < -0.3 is 5.32 Å². The Hall–Kier alpha value is -3.28. The van der Waals surface area contributed by atoms with Crippen molar-refractivity contribution >= 4 is 11.9 Å². The first kappa shape index (κ1) is 16.6. The molecule has 1 aromatic carbocycles. The molecule has 9 heteroatoms. The smallest absolute Gasteiger partial charge is 0.319 e. The summed E-state index contributed by atoms with van der Waals surface area (Å²) in [5.41, 5.74) is -0.433. The van der Waals surface area contributed by atoms with Crippen molar-refractivity contribution in [1.29, 1.82) is 5.26 Å². The Morgan fingerprint density at radius 3 is 2.60 bits per heavy atom. The third kappa shape index (κ3) is 2.71. The summed E-state index contributed by atoms with van der Waals surface area (Å²) in [6.07, 6.45) is 2.26. The maximum Gasteiger partial charge on any atom is 0.325 e. The number of hydrogen-bond acceptors (Lipinski definition) is 4. The molecule has 128 valence electrons. The third-order valence-corrected chi connectivity index (χ3v) is 4.13. The van der Waals surface area contributed by atoms with Crippen LogP contribution in [-0.4, -0.2) is 26.4 Å². The molecule has 0 spiro atoms. The van der Waals surface area contributed by atoms with Crippen LogP contribution in [0.2, 0.25) is 0 Å². The van der Waals surface area contributed by atoms with E-state index >= 15 is 0 Å². The first-order valence-corrected chi connectivity index (χ1v) is 7.31. The summed E-state index contributed by atoms with van der Waals surface area (Å²) in [7, 11) is 0. The zero-order chi connectivity index (χ0) is 18.2. The van der Waals surface area contributed by atoms with Crippen LogP contribution in [0.1, 0.15) is 30.4 Å². The molecule has 0 saturated carbocycles. The highest BCUT2D eigenvalue weighted by atomic mass is 19.3. The van der Waals surface area contributed by atoms with Gasteiger partial charge in [-0.3, -0.25) is 14.3 Å². The number of imidazole rings is 1. The second kappa shape index (κ2) is 5.98. The van der Waals surface area contributed by atoms with Gasteiger partial charge in [0, 0.05) is 12.4 Å². The summed E-state index contributed by atoms with van der Waals surface area (Å²) in [5, 5.41) is 11.4. The minimum atomic E-state index is -2.82. The minimum Gasteiger partial charge on any atom is -0.319 e. The summed E-state index contributed by atoms with van der Waals surface area (Å²) >= 11 is 0. The van der Waals surface area contributed by atoms with E-state index < -0.39 is 24.0 Å². The van der Waals surface area contributed by atoms with Crippen LogP contribution in [0.25, 0.3) is 0 Å². The summed E-state index contributed by atoms with van der Waals surface area (Å²) in [5.74, 6) is -0.673. The van der Waals surface area contributed by atoms with E-state index in [-0.39, 0.29) is 12.4 Å². The van der Waals surface area contributed by atoms with Gasteiger partial charge in [-0.15, -0.1) is 0 Å². The highest BCUT2D eigenvalue weighted by Gasteiger charge is 2.49. The molecule has 1 saturated heterocycles. The average Bonchev–Trinajstić information content (AvgIpc) is 3.14. The number of hydrogen-bond donors (Lipinski definition) is 1. The largest absolute Gasteiger partial charge is 0.325 e. The van der Waals surface area contributed by atoms with Crippen LogP contribution in [0.3, 0.4) is 0 Å². The van der Waals surface area contributed by atoms with Crippen molar-refractivity contribution in [3.8, 4) is 6.07 Å². The quantitative estimate of drug-likeness (QED) is 0.859. The van der Waals surface area contributed by atoms with E-state index in [1.54, 1.807) is 12.1 Å². The molecule has 1 fully saturated rings. The second-order valence-electron chi connectivity index (χ2n) is 5.66. The summed E-state index contributed by atoms with van der Waals surface area (Å²) in [6, 6.07) is 7.48. The molecule has 1 atom stereocenters. The van der Waals surface area contributed by atoms with Gasteiger partial charge in [0.2, 0.25) is 0 Å². The van der Waals surface area contributed by atoms with Gasteiger partial charge in [0.05, 0.1) is 18.2 Å². The van der Waals surface area contributed by atoms with Crippen LogP contribution in [0.15, 0.2) is 36.7 Å². The predicted molar refractivity (Wildman–Crippen MR) is 81.1 cm³/mol. The monoisotopic (exact) mass is 345 g/mol. The number of halogens is 2. The molecule has 25 heavy (non-hydrogen) atoms.